The van der Waals surface area contributed by atoms with E-state index in [1.165, 1.54) is 10.4 Å². The summed E-state index contributed by atoms with van der Waals surface area (Å²) in [5.41, 5.74) is 5.21. The van der Waals surface area contributed by atoms with Crippen LogP contribution >= 0.6 is 23.1 Å². The number of phenols is 1. The van der Waals surface area contributed by atoms with Gasteiger partial charge in [-0.25, -0.2) is 9.97 Å². The summed E-state index contributed by atoms with van der Waals surface area (Å²) >= 11 is 3.32. The highest BCUT2D eigenvalue weighted by molar-refractivity contribution is 7.98. The molecule has 4 rings (SSSR count). The Morgan fingerprint density at radius 3 is 2.37 bits per heavy atom. The highest BCUT2D eigenvalue weighted by Crippen LogP contribution is 2.42. The van der Waals surface area contributed by atoms with Gasteiger partial charge in [0.2, 0.25) is 0 Å². The summed E-state index contributed by atoms with van der Waals surface area (Å²) in [6.45, 7) is 3.97. The Bertz CT molecular complexity index is 1160. The molecule has 0 bridgehead atoms. The topological polar surface area (TPSA) is 68.1 Å². The molecule has 0 unspecified atom stereocenters. The molecule has 1 aromatic carbocycles. The minimum absolute atomic E-state index is 0.133. The Morgan fingerprint density at radius 2 is 1.70 bits per heavy atom. The third kappa shape index (κ3) is 4.47. The maximum absolute atomic E-state index is 10.2. The van der Waals surface area contributed by atoms with E-state index in [0.717, 1.165) is 38.3 Å². The summed E-state index contributed by atoms with van der Waals surface area (Å²) in [6, 6.07) is 13.7. The van der Waals surface area contributed by atoms with Crippen molar-refractivity contribution in [3.8, 4) is 32.4 Å². The maximum Gasteiger partial charge on any atom is 0.188 e. The molecule has 3 aromatic heterocycles. The van der Waals surface area contributed by atoms with Crippen LogP contribution in [0.25, 0.3) is 20.9 Å². The van der Waals surface area contributed by atoms with Crippen molar-refractivity contribution in [3.63, 3.8) is 0 Å². The zero-order valence-electron chi connectivity index (χ0n) is 16.9. The molecule has 0 amide bonds. The Balaban J connectivity index is 1.70. The number of rotatable bonds is 6. The highest BCUT2D eigenvalue weighted by Gasteiger charge is 2.15. The molecule has 4 aromatic rings. The van der Waals surface area contributed by atoms with Crippen LogP contribution in [-0.2, 0) is 5.75 Å². The maximum atomic E-state index is 10.2. The molecule has 0 atom stereocenters. The normalized spacial score (nSPS) is 10.9. The van der Waals surface area contributed by atoms with Crippen molar-refractivity contribution in [2.24, 2.45) is 0 Å². The van der Waals surface area contributed by atoms with Crippen molar-refractivity contribution < 1.29 is 9.84 Å². The molecular formula is C23H21N3O2S2. The van der Waals surface area contributed by atoms with Gasteiger partial charge in [-0.3, -0.25) is 4.98 Å². The number of phenolic OH excluding ortho intramolecular Hbond substituents is 1. The van der Waals surface area contributed by atoms with Crippen LogP contribution in [0.4, 0.5) is 0 Å². The number of pyridine rings is 1. The predicted octanol–water partition coefficient (Wildman–Crippen LogP) is 5.89. The zero-order valence-corrected chi connectivity index (χ0v) is 18.5. The molecule has 0 aliphatic carbocycles. The summed E-state index contributed by atoms with van der Waals surface area (Å²) in [6.07, 6.45) is 3.61. The third-order valence-corrected chi connectivity index (χ3v) is 6.71. The first-order valence-corrected chi connectivity index (χ1v) is 11.2. The average Bonchev–Trinajstić information content (AvgIpc) is 3.16. The molecule has 152 valence electrons. The van der Waals surface area contributed by atoms with Gasteiger partial charge in [0.15, 0.2) is 16.7 Å². The number of aryl methyl sites for hydroxylation is 2. The molecule has 0 saturated carbocycles. The molecule has 0 aliphatic heterocycles. The monoisotopic (exact) mass is 435 g/mol. The van der Waals surface area contributed by atoms with Crippen molar-refractivity contribution >= 4 is 23.1 Å². The first-order chi connectivity index (χ1) is 14.5. The Kier molecular flexibility index (Phi) is 6.01. The van der Waals surface area contributed by atoms with Gasteiger partial charge in [0.1, 0.15) is 0 Å². The van der Waals surface area contributed by atoms with E-state index in [9.17, 15) is 5.11 Å². The van der Waals surface area contributed by atoms with Crippen LogP contribution in [0.5, 0.6) is 11.5 Å². The van der Waals surface area contributed by atoms with Gasteiger partial charge >= 0.3 is 0 Å². The number of nitrogens with zero attached hydrogens (tertiary/aromatic N) is 3. The van der Waals surface area contributed by atoms with Gasteiger partial charge in [0.05, 0.1) is 7.11 Å². The van der Waals surface area contributed by atoms with Crippen LogP contribution in [0.1, 0.15) is 17.0 Å². The number of hydrogen-bond donors (Lipinski definition) is 1. The van der Waals surface area contributed by atoms with E-state index in [1.807, 2.05) is 38.1 Å². The molecule has 0 aliphatic rings. The van der Waals surface area contributed by atoms with E-state index in [2.05, 4.69) is 21.0 Å². The number of aromatic hydroxyl groups is 1. The van der Waals surface area contributed by atoms with Crippen molar-refractivity contribution in [2.75, 3.05) is 7.11 Å². The minimum Gasteiger partial charge on any atom is -0.504 e. The van der Waals surface area contributed by atoms with Gasteiger partial charge in [-0.1, -0.05) is 11.8 Å². The highest BCUT2D eigenvalue weighted by atomic mass is 32.2. The summed E-state index contributed by atoms with van der Waals surface area (Å²) in [5.74, 6) is 1.35. The zero-order chi connectivity index (χ0) is 21.1. The number of methoxy groups -OCH3 is 1. The molecular weight excluding hydrogens is 414 g/mol. The molecule has 30 heavy (non-hydrogen) atoms. The van der Waals surface area contributed by atoms with Gasteiger partial charge in [-0.2, -0.15) is 0 Å². The lowest BCUT2D eigenvalue weighted by Gasteiger charge is -2.05. The second kappa shape index (κ2) is 8.85. The standard InChI is InChI=1S/C23H21N3O2S2/c1-14-10-15(2)26-23(25-14)29-13-18-12-21(17-4-5-20(28-3)19(27)11-17)30-22(18)16-6-8-24-9-7-16/h4-12,27H,13H2,1-3H3. The van der Waals surface area contributed by atoms with Crippen LogP contribution in [-0.4, -0.2) is 27.2 Å². The first-order valence-electron chi connectivity index (χ1n) is 9.39. The summed E-state index contributed by atoms with van der Waals surface area (Å²) in [7, 11) is 1.55. The fourth-order valence-electron chi connectivity index (χ4n) is 3.17. The smallest absolute Gasteiger partial charge is 0.188 e. The van der Waals surface area contributed by atoms with E-state index < -0.39 is 0 Å². The average molecular weight is 436 g/mol. The Labute approximate surface area is 183 Å². The molecule has 0 radical (unpaired) electrons. The number of ether oxygens (including phenoxy) is 1. The lowest BCUT2D eigenvalue weighted by molar-refractivity contribution is 0.373. The molecule has 1 N–H and O–H groups in total. The van der Waals surface area contributed by atoms with Gasteiger partial charge in [0, 0.05) is 39.3 Å². The fraction of sp³-hybridized carbons (Fsp3) is 0.174. The van der Waals surface area contributed by atoms with Gasteiger partial charge in [-0.05, 0) is 73.0 Å². The molecule has 5 nitrogen and oxygen atoms in total. The first kappa shape index (κ1) is 20.4. The number of benzene rings is 1. The van der Waals surface area contributed by atoms with Gasteiger partial charge < -0.3 is 9.84 Å². The fourth-order valence-corrected chi connectivity index (χ4v) is 5.37. The second-order valence-corrected chi connectivity index (χ2v) is 8.80. The number of thiophene rings is 1. The Morgan fingerprint density at radius 1 is 0.967 bits per heavy atom. The van der Waals surface area contributed by atoms with E-state index in [1.54, 1.807) is 54.7 Å². The summed E-state index contributed by atoms with van der Waals surface area (Å²) < 4.78 is 5.17. The quantitative estimate of drug-likeness (QED) is 0.301. The van der Waals surface area contributed by atoms with Crippen LogP contribution in [0.15, 0.2) is 60.0 Å². The molecule has 0 saturated heterocycles. The molecule has 0 spiro atoms. The van der Waals surface area contributed by atoms with Crippen molar-refractivity contribution in [2.45, 2.75) is 24.8 Å². The van der Waals surface area contributed by atoms with E-state index in [0.29, 0.717) is 5.75 Å². The van der Waals surface area contributed by atoms with Crippen LogP contribution in [0, 0.1) is 13.8 Å². The van der Waals surface area contributed by atoms with Gasteiger partial charge in [0.25, 0.3) is 0 Å². The number of hydrogen-bond acceptors (Lipinski definition) is 7. The van der Waals surface area contributed by atoms with Crippen molar-refractivity contribution in [1.82, 2.24) is 15.0 Å². The molecule has 0 fully saturated rings. The van der Waals surface area contributed by atoms with E-state index >= 15 is 0 Å². The number of thioether (sulfide) groups is 1. The Hall–Kier alpha value is -2.90. The van der Waals surface area contributed by atoms with Crippen LogP contribution in [0.2, 0.25) is 0 Å². The molecule has 7 heteroatoms. The second-order valence-electron chi connectivity index (χ2n) is 6.81. The third-order valence-electron chi connectivity index (χ3n) is 4.53. The minimum atomic E-state index is 0.133. The lowest BCUT2D eigenvalue weighted by Crippen LogP contribution is -1.93. The largest absolute Gasteiger partial charge is 0.504 e. The predicted molar refractivity (Wildman–Crippen MR) is 122 cm³/mol. The summed E-state index contributed by atoms with van der Waals surface area (Å²) in [5, 5.41) is 11.0. The lowest BCUT2D eigenvalue weighted by atomic mass is 10.1. The van der Waals surface area contributed by atoms with Crippen LogP contribution in [0.3, 0.4) is 0 Å². The SMILES string of the molecule is COc1ccc(-c2cc(CSc3nc(C)cc(C)n3)c(-c3ccncc3)s2)cc1O. The molecule has 3 heterocycles. The van der Waals surface area contributed by atoms with Crippen molar-refractivity contribution in [1.29, 1.82) is 0 Å². The number of aromatic nitrogens is 3. The van der Waals surface area contributed by atoms with Crippen LogP contribution < -0.4 is 4.74 Å². The van der Waals surface area contributed by atoms with Gasteiger partial charge in [-0.15, -0.1) is 11.3 Å². The van der Waals surface area contributed by atoms with E-state index in [-0.39, 0.29) is 5.75 Å². The van der Waals surface area contributed by atoms with E-state index in [4.69, 9.17) is 4.74 Å². The summed E-state index contributed by atoms with van der Waals surface area (Å²) in [4.78, 5) is 15.5. The van der Waals surface area contributed by atoms with Crippen molar-refractivity contribution in [3.05, 3.63) is 71.8 Å².